The van der Waals surface area contributed by atoms with E-state index in [1.54, 1.807) is 33.5 Å². The van der Waals surface area contributed by atoms with Crippen LogP contribution in [0.4, 0.5) is 0 Å². The van der Waals surface area contributed by atoms with Gasteiger partial charge in [0, 0.05) is 10.9 Å². The maximum absolute atomic E-state index is 11.6. The molecule has 0 fully saturated rings. The Labute approximate surface area is 133 Å². The number of carboxylic acid groups (broad SMARTS) is 1. The largest absolute Gasteiger partial charge is 0.496 e. The molecule has 1 unspecified atom stereocenters. The van der Waals surface area contributed by atoms with Gasteiger partial charge in [0.05, 0.1) is 27.2 Å². The quantitative estimate of drug-likeness (QED) is 0.848. The minimum Gasteiger partial charge on any atom is -0.496 e. The molecule has 22 heavy (non-hydrogen) atoms. The number of methoxy groups -OCH3 is 3. The fraction of sp³-hybridized carbons (Fsp3) is 0.312. The summed E-state index contributed by atoms with van der Waals surface area (Å²) in [6.07, 6.45) is 0.319. The van der Waals surface area contributed by atoms with Gasteiger partial charge in [-0.15, -0.1) is 11.3 Å². The van der Waals surface area contributed by atoms with Crippen molar-refractivity contribution in [3.63, 3.8) is 0 Å². The van der Waals surface area contributed by atoms with E-state index in [1.807, 2.05) is 17.5 Å². The third kappa shape index (κ3) is 3.33. The molecule has 1 aromatic carbocycles. The molecular formula is C16H18O5S. The van der Waals surface area contributed by atoms with Gasteiger partial charge in [-0.1, -0.05) is 6.07 Å². The summed E-state index contributed by atoms with van der Waals surface area (Å²) in [6.45, 7) is 0. The number of carboxylic acids is 1. The SMILES string of the molecule is COc1cc(OC)c(OC)cc1CC(C(=O)O)c1cccs1. The summed E-state index contributed by atoms with van der Waals surface area (Å²) >= 11 is 1.43. The Morgan fingerprint density at radius 1 is 1.14 bits per heavy atom. The van der Waals surface area contributed by atoms with Crippen molar-refractivity contribution in [3.05, 3.63) is 40.1 Å². The Bertz CT molecular complexity index is 636. The van der Waals surface area contributed by atoms with E-state index >= 15 is 0 Å². The van der Waals surface area contributed by atoms with Gasteiger partial charge in [-0.3, -0.25) is 4.79 Å². The van der Waals surface area contributed by atoms with E-state index < -0.39 is 11.9 Å². The van der Waals surface area contributed by atoms with E-state index in [9.17, 15) is 9.90 Å². The van der Waals surface area contributed by atoms with Crippen LogP contribution in [0.5, 0.6) is 17.2 Å². The molecule has 1 N–H and O–H groups in total. The lowest BCUT2D eigenvalue weighted by atomic mass is 9.96. The highest BCUT2D eigenvalue weighted by atomic mass is 32.1. The van der Waals surface area contributed by atoms with E-state index in [4.69, 9.17) is 14.2 Å². The Hall–Kier alpha value is -2.21. The summed E-state index contributed by atoms with van der Waals surface area (Å²) < 4.78 is 15.9. The fourth-order valence-corrected chi connectivity index (χ4v) is 3.09. The number of carbonyl (C=O) groups is 1. The Balaban J connectivity index is 2.40. The van der Waals surface area contributed by atoms with Crippen molar-refractivity contribution in [1.82, 2.24) is 0 Å². The highest BCUT2D eigenvalue weighted by Crippen LogP contribution is 2.37. The second-order valence-corrected chi connectivity index (χ2v) is 5.61. The van der Waals surface area contributed by atoms with Crippen LogP contribution >= 0.6 is 11.3 Å². The molecule has 0 amide bonds. The van der Waals surface area contributed by atoms with Crippen LogP contribution in [-0.4, -0.2) is 32.4 Å². The van der Waals surface area contributed by atoms with Crippen molar-refractivity contribution in [2.75, 3.05) is 21.3 Å². The number of rotatable bonds is 7. The summed E-state index contributed by atoms with van der Waals surface area (Å²) in [5.74, 6) is 0.200. The third-order valence-electron chi connectivity index (χ3n) is 3.40. The van der Waals surface area contributed by atoms with Crippen molar-refractivity contribution in [2.45, 2.75) is 12.3 Å². The van der Waals surface area contributed by atoms with Gasteiger partial charge in [0.2, 0.25) is 0 Å². The Morgan fingerprint density at radius 3 is 2.27 bits per heavy atom. The molecule has 5 nitrogen and oxygen atoms in total. The van der Waals surface area contributed by atoms with Crippen molar-refractivity contribution in [1.29, 1.82) is 0 Å². The highest BCUT2D eigenvalue weighted by Gasteiger charge is 2.24. The average Bonchev–Trinajstić information content (AvgIpc) is 3.05. The second-order valence-electron chi connectivity index (χ2n) is 4.63. The average molecular weight is 322 g/mol. The predicted octanol–water partition coefficient (Wildman–Crippen LogP) is 3.18. The molecule has 1 aromatic heterocycles. The molecule has 0 saturated carbocycles. The van der Waals surface area contributed by atoms with Gasteiger partial charge in [-0.25, -0.2) is 0 Å². The zero-order chi connectivity index (χ0) is 16.1. The molecule has 118 valence electrons. The van der Waals surface area contributed by atoms with Gasteiger partial charge in [0.1, 0.15) is 5.75 Å². The smallest absolute Gasteiger partial charge is 0.312 e. The van der Waals surface area contributed by atoms with Gasteiger partial charge < -0.3 is 19.3 Å². The van der Waals surface area contributed by atoms with Crippen molar-refractivity contribution < 1.29 is 24.1 Å². The standard InChI is InChI=1S/C16H18O5S/c1-19-12-9-14(21-3)13(20-2)8-10(12)7-11(16(17)18)15-5-4-6-22-15/h4-6,8-9,11H,7H2,1-3H3,(H,17,18). The number of ether oxygens (including phenoxy) is 3. The number of hydrogen-bond acceptors (Lipinski definition) is 5. The van der Waals surface area contributed by atoms with Gasteiger partial charge in [-0.05, 0) is 29.5 Å². The zero-order valence-corrected chi connectivity index (χ0v) is 13.5. The number of hydrogen-bond donors (Lipinski definition) is 1. The monoisotopic (exact) mass is 322 g/mol. The molecule has 0 spiro atoms. The van der Waals surface area contributed by atoms with E-state index in [1.165, 1.54) is 11.3 Å². The molecule has 2 rings (SSSR count). The van der Waals surface area contributed by atoms with E-state index in [-0.39, 0.29) is 0 Å². The molecule has 0 aliphatic rings. The normalized spacial score (nSPS) is 11.8. The minimum atomic E-state index is -0.862. The van der Waals surface area contributed by atoms with Crippen molar-refractivity contribution in [2.24, 2.45) is 0 Å². The summed E-state index contributed by atoms with van der Waals surface area (Å²) in [5, 5.41) is 11.4. The molecule has 0 aliphatic heterocycles. The summed E-state index contributed by atoms with van der Waals surface area (Å²) in [7, 11) is 4.64. The molecule has 0 bridgehead atoms. The molecule has 0 aliphatic carbocycles. The lowest BCUT2D eigenvalue weighted by Gasteiger charge is -2.16. The summed E-state index contributed by atoms with van der Waals surface area (Å²) in [4.78, 5) is 12.4. The minimum absolute atomic E-state index is 0.319. The third-order valence-corrected chi connectivity index (χ3v) is 4.38. The molecule has 2 aromatic rings. The Morgan fingerprint density at radius 2 is 1.77 bits per heavy atom. The topological polar surface area (TPSA) is 65.0 Å². The second kappa shape index (κ2) is 7.17. The first-order valence-corrected chi connectivity index (χ1v) is 7.53. The van der Waals surface area contributed by atoms with Gasteiger partial charge in [0.25, 0.3) is 0 Å². The van der Waals surface area contributed by atoms with Crippen LogP contribution in [-0.2, 0) is 11.2 Å². The predicted molar refractivity (Wildman–Crippen MR) is 84.5 cm³/mol. The molecule has 0 saturated heterocycles. The van der Waals surface area contributed by atoms with E-state index in [2.05, 4.69) is 0 Å². The molecule has 1 heterocycles. The fourth-order valence-electron chi connectivity index (χ4n) is 2.27. The van der Waals surface area contributed by atoms with Crippen LogP contribution < -0.4 is 14.2 Å². The molecule has 6 heteroatoms. The maximum Gasteiger partial charge on any atom is 0.312 e. The molecule has 0 radical (unpaired) electrons. The van der Waals surface area contributed by atoms with Crippen molar-refractivity contribution in [3.8, 4) is 17.2 Å². The van der Waals surface area contributed by atoms with Crippen LogP contribution in [0, 0.1) is 0 Å². The Kier molecular flexibility index (Phi) is 5.27. The summed E-state index contributed by atoms with van der Waals surface area (Å²) in [5.41, 5.74) is 0.765. The van der Waals surface area contributed by atoms with E-state index in [0.717, 1.165) is 10.4 Å². The molecular weight excluding hydrogens is 304 g/mol. The summed E-state index contributed by atoms with van der Waals surface area (Å²) in [6, 6.07) is 7.15. The number of benzene rings is 1. The van der Waals surface area contributed by atoms with Crippen molar-refractivity contribution >= 4 is 17.3 Å². The van der Waals surface area contributed by atoms with Crippen LogP contribution in [0.1, 0.15) is 16.4 Å². The van der Waals surface area contributed by atoms with Crippen LogP contribution in [0.15, 0.2) is 29.6 Å². The molecule has 1 atom stereocenters. The number of thiophene rings is 1. The van der Waals surface area contributed by atoms with Gasteiger partial charge >= 0.3 is 5.97 Å². The lowest BCUT2D eigenvalue weighted by molar-refractivity contribution is -0.138. The van der Waals surface area contributed by atoms with E-state index in [0.29, 0.717) is 23.7 Å². The first-order chi connectivity index (χ1) is 10.6. The zero-order valence-electron chi connectivity index (χ0n) is 12.7. The van der Waals surface area contributed by atoms with Crippen LogP contribution in [0.25, 0.3) is 0 Å². The van der Waals surface area contributed by atoms with Gasteiger partial charge in [-0.2, -0.15) is 0 Å². The van der Waals surface area contributed by atoms with Gasteiger partial charge in [0.15, 0.2) is 11.5 Å². The lowest BCUT2D eigenvalue weighted by Crippen LogP contribution is -2.14. The number of aliphatic carboxylic acids is 1. The van der Waals surface area contributed by atoms with Crippen LogP contribution in [0.3, 0.4) is 0 Å². The van der Waals surface area contributed by atoms with Crippen LogP contribution in [0.2, 0.25) is 0 Å². The first-order valence-electron chi connectivity index (χ1n) is 6.65. The highest BCUT2D eigenvalue weighted by molar-refractivity contribution is 7.10. The first kappa shape index (κ1) is 16.2. The maximum atomic E-state index is 11.6.